The molecule has 0 radical (unpaired) electrons. The summed E-state index contributed by atoms with van der Waals surface area (Å²) in [5, 5.41) is 15.0. The van der Waals surface area contributed by atoms with E-state index in [9.17, 15) is 14.9 Å². The van der Waals surface area contributed by atoms with Crippen molar-refractivity contribution >= 4 is 62.0 Å². The van der Waals surface area contributed by atoms with Gasteiger partial charge in [-0.05, 0) is 30.3 Å². The van der Waals surface area contributed by atoms with Gasteiger partial charge in [0.25, 0.3) is 11.6 Å². The first kappa shape index (κ1) is 19.3. The van der Waals surface area contributed by atoms with Crippen molar-refractivity contribution < 1.29 is 9.72 Å². The monoisotopic (exact) mass is 443 g/mol. The highest BCUT2D eigenvalue weighted by Gasteiger charge is 2.17. The standard InChI is InChI=1S/C20H11Cl2N3O3S/c21-14-10-15(22)17(23-19(26)11-4-3-5-12(8-11)25(27)28)9-13(14)20-24-16-6-1-2-7-18(16)29-20/h1-10H,(H,23,26). The first-order chi connectivity index (χ1) is 13.9. The molecule has 0 bridgehead atoms. The van der Waals surface area contributed by atoms with Crippen LogP contribution in [-0.2, 0) is 0 Å². The predicted molar refractivity (Wildman–Crippen MR) is 116 cm³/mol. The summed E-state index contributed by atoms with van der Waals surface area (Å²) in [6.07, 6.45) is 0. The van der Waals surface area contributed by atoms with Crippen LogP contribution < -0.4 is 5.32 Å². The number of carbonyl (C=O) groups excluding carboxylic acids is 1. The van der Waals surface area contributed by atoms with Crippen molar-refractivity contribution in [1.82, 2.24) is 4.98 Å². The number of fused-ring (bicyclic) bond motifs is 1. The molecular weight excluding hydrogens is 433 g/mol. The van der Waals surface area contributed by atoms with Crippen LogP contribution in [0.4, 0.5) is 11.4 Å². The number of amides is 1. The number of nitro groups is 1. The second-order valence-corrected chi connectivity index (χ2v) is 7.91. The van der Waals surface area contributed by atoms with Crippen LogP contribution in [0, 0.1) is 10.1 Å². The lowest BCUT2D eigenvalue weighted by Gasteiger charge is -2.10. The van der Waals surface area contributed by atoms with E-state index in [0.29, 0.717) is 21.3 Å². The molecule has 0 aliphatic heterocycles. The van der Waals surface area contributed by atoms with E-state index in [-0.39, 0.29) is 16.3 Å². The average Bonchev–Trinajstić information content (AvgIpc) is 3.14. The molecule has 144 valence electrons. The van der Waals surface area contributed by atoms with Crippen molar-refractivity contribution in [3.8, 4) is 10.6 Å². The molecule has 1 aromatic heterocycles. The topological polar surface area (TPSA) is 85.1 Å². The van der Waals surface area contributed by atoms with Crippen molar-refractivity contribution in [3.63, 3.8) is 0 Å². The van der Waals surface area contributed by atoms with Crippen LogP contribution in [0.5, 0.6) is 0 Å². The Balaban J connectivity index is 1.69. The summed E-state index contributed by atoms with van der Waals surface area (Å²) in [6, 6.07) is 16.3. The number of nitrogens with one attached hydrogen (secondary N) is 1. The Morgan fingerprint density at radius 2 is 1.83 bits per heavy atom. The third-order valence-electron chi connectivity index (χ3n) is 4.15. The molecule has 0 atom stereocenters. The molecule has 0 aliphatic carbocycles. The molecule has 6 nitrogen and oxygen atoms in total. The van der Waals surface area contributed by atoms with Crippen molar-refractivity contribution in [3.05, 3.63) is 86.4 Å². The molecule has 9 heteroatoms. The van der Waals surface area contributed by atoms with Gasteiger partial charge in [0.15, 0.2) is 0 Å². The zero-order valence-electron chi connectivity index (χ0n) is 14.6. The lowest BCUT2D eigenvalue weighted by molar-refractivity contribution is -0.384. The molecule has 0 aliphatic rings. The molecule has 0 saturated carbocycles. The molecule has 4 rings (SSSR count). The number of non-ortho nitro benzene ring substituents is 1. The minimum atomic E-state index is -0.558. The van der Waals surface area contributed by atoms with Gasteiger partial charge in [-0.15, -0.1) is 11.3 Å². The fourth-order valence-electron chi connectivity index (χ4n) is 2.75. The molecule has 1 heterocycles. The van der Waals surface area contributed by atoms with Crippen LogP contribution in [0.2, 0.25) is 10.0 Å². The first-order valence-electron chi connectivity index (χ1n) is 8.33. The number of hydrogen-bond donors (Lipinski definition) is 1. The lowest BCUT2D eigenvalue weighted by atomic mass is 10.1. The number of hydrogen-bond acceptors (Lipinski definition) is 5. The van der Waals surface area contributed by atoms with Gasteiger partial charge >= 0.3 is 0 Å². The SMILES string of the molecule is O=C(Nc1cc(-c2nc3ccccc3s2)c(Cl)cc1Cl)c1cccc([N+](=O)[O-])c1. The summed E-state index contributed by atoms with van der Waals surface area (Å²) in [5.41, 5.74) is 1.79. The van der Waals surface area contributed by atoms with E-state index in [4.69, 9.17) is 23.2 Å². The molecule has 0 spiro atoms. The maximum Gasteiger partial charge on any atom is 0.270 e. The van der Waals surface area contributed by atoms with E-state index in [0.717, 1.165) is 10.2 Å². The second-order valence-electron chi connectivity index (χ2n) is 6.06. The summed E-state index contributed by atoms with van der Waals surface area (Å²) in [5.74, 6) is -0.520. The maximum absolute atomic E-state index is 12.6. The largest absolute Gasteiger partial charge is 0.321 e. The summed E-state index contributed by atoms with van der Waals surface area (Å²) >= 11 is 14.1. The molecule has 3 aromatic carbocycles. The van der Waals surface area contributed by atoms with Crippen LogP contribution in [0.1, 0.15) is 10.4 Å². The van der Waals surface area contributed by atoms with Gasteiger partial charge in [-0.3, -0.25) is 14.9 Å². The molecule has 0 unspecified atom stereocenters. The molecule has 0 saturated heterocycles. The third-order valence-corrected chi connectivity index (χ3v) is 5.84. The normalized spacial score (nSPS) is 10.8. The Labute approximate surface area is 178 Å². The number of carbonyl (C=O) groups is 1. The Bertz CT molecular complexity index is 1240. The highest BCUT2D eigenvalue weighted by atomic mass is 35.5. The Morgan fingerprint density at radius 1 is 1.03 bits per heavy atom. The van der Waals surface area contributed by atoms with Crippen LogP contribution in [0.3, 0.4) is 0 Å². The van der Waals surface area contributed by atoms with E-state index < -0.39 is 10.8 Å². The fourth-order valence-corrected chi connectivity index (χ4v) is 4.32. The summed E-state index contributed by atoms with van der Waals surface area (Å²) in [4.78, 5) is 27.5. The number of nitro benzene ring substituents is 1. The summed E-state index contributed by atoms with van der Waals surface area (Å²) in [7, 11) is 0. The number of halogens is 2. The molecule has 0 fully saturated rings. The minimum absolute atomic E-state index is 0.145. The number of nitrogens with zero attached hydrogens (tertiary/aromatic N) is 2. The zero-order chi connectivity index (χ0) is 20.5. The highest BCUT2D eigenvalue weighted by Crippen LogP contribution is 2.39. The van der Waals surface area contributed by atoms with Crippen molar-refractivity contribution in [1.29, 1.82) is 0 Å². The number of para-hydroxylation sites is 1. The predicted octanol–water partition coefficient (Wildman–Crippen LogP) is 6.43. The fraction of sp³-hybridized carbons (Fsp3) is 0. The quantitative estimate of drug-likeness (QED) is 0.290. The molecular formula is C20H11Cl2N3O3S. The van der Waals surface area contributed by atoms with E-state index in [1.54, 1.807) is 6.07 Å². The van der Waals surface area contributed by atoms with E-state index in [1.807, 2.05) is 24.3 Å². The van der Waals surface area contributed by atoms with Gasteiger partial charge in [-0.2, -0.15) is 0 Å². The van der Waals surface area contributed by atoms with Gasteiger partial charge in [0.1, 0.15) is 5.01 Å². The zero-order valence-corrected chi connectivity index (χ0v) is 16.9. The van der Waals surface area contributed by atoms with Gasteiger partial charge in [-0.1, -0.05) is 41.4 Å². The van der Waals surface area contributed by atoms with Crippen LogP contribution in [0.25, 0.3) is 20.8 Å². The number of thiazole rings is 1. The molecule has 4 aromatic rings. The van der Waals surface area contributed by atoms with Gasteiger partial charge in [0, 0.05) is 23.3 Å². The van der Waals surface area contributed by atoms with Gasteiger partial charge in [-0.25, -0.2) is 4.98 Å². The number of anilines is 1. The van der Waals surface area contributed by atoms with Crippen LogP contribution >= 0.6 is 34.5 Å². The number of benzene rings is 3. The number of rotatable bonds is 4. The van der Waals surface area contributed by atoms with Crippen LogP contribution in [0.15, 0.2) is 60.7 Å². The van der Waals surface area contributed by atoms with Gasteiger partial charge in [0.2, 0.25) is 0 Å². The van der Waals surface area contributed by atoms with Gasteiger partial charge < -0.3 is 5.32 Å². The van der Waals surface area contributed by atoms with Gasteiger partial charge in [0.05, 0.1) is 30.9 Å². The third kappa shape index (κ3) is 3.93. The van der Waals surface area contributed by atoms with Crippen molar-refractivity contribution in [2.24, 2.45) is 0 Å². The molecule has 1 N–H and O–H groups in total. The van der Waals surface area contributed by atoms with E-state index >= 15 is 0 Å². The summed E-state index contributed by atoms with van der Waals surface area (Å²) < 4.78 is 1.01. The Kier molecular flexibility index (Phi) is 5.19. The van der Waals surface area contributed by atoms with E-state index in [1.165, 1.54) is 41.7 Å². The smallest absolute Gasteiger partial charge is 0.270 e. The molecule has 29 heavy (non-hydrogen) atoms. The molecule has 1 amide bonds. The Hall–Kier alpha value is -3.00. The van der Waals surface area contributed by atoms with Crippen LogP contribution in [-0.4, -0.2) is 15.8 Å². The average molecular weight is 444 g/mol. The van der Waals surface area contributed by atoms with Crippen molar-refractivity contribution in [2.75, 3.05) is 5.32 Å². The summed E-state index contributed by atoms with van der Waals surface area (Å²) in [6.45, 7) is 0. The lowest BCUT2D eigenvalue weighted by Crippen LogP contribution is -2.12. The minimum Gasteiger partial charge on any atom is -0.321 e. The second kappa shape index (κ2) is 7.79. The van der Waals surface area contributed by atoms with E-state index in [2.05, 4.69) is 10.3 Å². The first-order valence-corrected chi connectivity index (χ1v) is 9.90. The van der Waals surface area contributed by atoms with Crippen molar-refractivity contribution in [2.45, 2.75) is 0 Å². The Morgan fingerprint density at radius 3 is 2.59 bits per heavy atom. The highest BCUT2D eigenvalue weighted by molar-refractivity contribution is 7.21. The number of aromatic nitrogens is 1. The maximum atomic E-state index is 12.6.